The van der Waals surface area contributed by atoms with Crippen molar-refractivity contribution in [1.29, 1.82) is 0 Å². The fourth-order valence-electron chi connectivity index (χ4n) is 2.85. The minimum absolute atomic E-state index is 0.0108. The molecule has 1 N–H and O–H groups in total. The first-order valence-corrected chi connectivity index (χ1v) is 11.8. The molecule has 33 heavy (non-hydrogen) atoms. The normalized spacial score (nSPS) is 10.8. The Morgan fingerprint density at radius 1 is 1.18 bits per heavy atom. The molecular weight excluding hydrogens is 464 g/mol. The van der Waals surface area contributed by atoms with Gasteiger partial charge in [0.05, 0.1) is 30.0 Å². The largest absolute Gasteiger partial charge is 0.459 e. The van der Waals surface area contributed by atoms with Gasteiger partial charge in [-0.3, -0.25) is 9.59 Å². The number of thiazole rings is 1. The highest BCUT2D eigenvalue weighted by Gasteiger charge is 2.14. The van der Waals surface area contributed by atoms with Gasteiger partial charge in [0.2, 0.25) is 5.91 Å². The third kappa shape index (κ3) is 6.24. The lowest BCUT2D eigenvalue weighted by atomic mass is 10.2. The number of hydrogen-bond acceptors (Lipinski definition) is 9. The molecule has 170 valence electrons. The van der Waals surface area contributed by atoms with Gasteiger partial charge in [-0.25, -0.2) is 9.78 Å². The van der Waals surface area contributed by atoms with E-state index in [1.165, 1.54) is 22.7 Å². The average molecular weight is 485 g/mol. The fourth-order valence-corrected chi connectivity index (χ4v) is 4.27. The van der Waals surface area contributed by atoms with Crippen molar-refractivity contribution in [2.24, 2.45) is 0 Å². The van der Waals surface area contributed by atoms with Crippen LogP contribution in [-0.4, -0.2) is 26.6 Å². The Balaban J connectivity index is 1.22. The highest BCUT2D eigenvalue weighted by Crippen LogP contribution is 2.21. The summed E-state index contributed by atoms with van der Waals surface area (Å²) in [6, 6.07) is 11.2. The number of aryl methyl sites for hydroxylation is 2. The van der Waals surface area contributed by atoms with Crippen molar-refractivity contribution in [2.45, 2.75) is 32.9 Å². The van der Waals surface area contributed by atoms with Crippen molar-refractivity contribution in [3.8, 4) is 10.8 Å². The van der Waals surface area contributed by atoms with E-state index in [9.17, 15) is 14.4 Å². The molecule has 4 rings (SSSR count). The maximum atomic E-state index is 12.2. The van der Waals surface area contributed by atoms with E-state index < -0.39 is 11.7 Å². The van der Waals surface area contributed by atoms with Crippen LogP contribution >= 0.6 is 22.7 Å². The molecule has 0 saturated carbocycles. The monoisotopic (exact) mass is 484 g/mol. The summed E-state index contributed by atoms with van der Waals surface area (Å²) in [7, 11) is 0. The molecule has 0 atom stereocenters. The fraction of sp³-hybridized carbons (Fsp3) is 0.227. The summed E-state index contributed by atoms with van der Waals surface area (Å²) in [5.74, 6) is -1.06. The van der Waals surface area contributed by atoms with Crippen molar-refractivity contribution in [3.05, 3.63) is 74.0 Å². The first-order valence-electron chi connectivity index (χ1n) is 10.0. The molecule has 0 aliphatic heterocycles. The molecule has 0 spiro atoms. The second kappa shape index (κ2) is 10.4. The van der Waals surface area contributed by atoms with Gasteiger partial charge in [0.15, 0.2) is 0 Å². The van der Waals surface area contributed by atoms with E-state index in [0.717, 1.165) is 20.8 Å². The summed E-state index contributed by atoms with van der Waals surface area (Å²) in [6.07, 6.45) is 0.0976. The number of carbonyl (C=O) groups is 2. The maximum Gasteiger partial charge on any atom is 0.437 e. The first kappa shape index (κ1) is 22.6. The number of thiophene rings is 1. The molecular formula is C22H20N4O5S2. The van der Waals surface area contributed by atoms with Crippen LogP contribution in [0.15, 0.2) is 56.4 Å². The second-order valence-corrected chi connectivity index (χ2v) is 9.00. The number of anilines is 1. The number of carbonyl (C=O) groups excluding carboxylic acids is 2. The molecule has 1 amide bonds. The van der Waals surface area contributed by atoms with Crippen LogP contribution in [0.1, 0.15) is 22.7 Å². The molecule has 0 unspecified atom stereocenters. The standard InChI is InChI=1S/C22H20N4O5S2/c1-14-4-6-15(7-5-14)23-18(27)11-19-24-16(13-33-19)12-30-20(28)8-9-26-22(29)31-21(25-26)17-3-2-10-32-17/h2-7,10,13H,8-9,11-12H2,1H3,(H,23,27). The summed E-state index contributed by atoms with van der Waals surface area (Å²) in [4.78, 5) is 41.2. The molecule has 0 aliphatic rings. The van der Waals surface area contributed by atoms with Crippen molar-refractivity contribution < 1.29 is 18.7 Å². The Morgan fingerprint density at radius 2 is 2.00 bits per heavy atom. The molecule has 4 aromatic rings. The molecule has 0 saturated heterocycles. The molecule has 3 heterocycles. The second-order valence-electron chi connectivity index (χ2n) is 7.11. The topological polar surface area (TPSA) is 116 Å². The predicted octanol–water partition coefficient (Wildman–Crippen LogP) is 3.64. The van der Waals surface area contributed by atoms with Gasteiger partial charge in [0.25, 0.3) is 5.89 Å². The van der Waals surface area contributed by atoms with Crippen LogP contribution in [-0.2, 0) is 33.9 Å². The van der Waals surface area contributed by atoms with Gasteiger partial charge in [-0.1, -0.05) is 23.8 Å². The lowest BCUT2D eigenvalue weighted by Gasteiger charge is -2.04. The molecule has 3 aromatic heterocycles. The van der Waals surface area contributed by atoms with E-state index in [2.05, 4.69) is 15.4 Å². The Labute approximate surface area is 196 Å². The average Bonchev–Trinajstić information content (AvgIpc) is 3.54. The quantitative estimate of drug-likeness (QED) is 0.361. The van der Waals surface area contributed by atoms with Gasteiger partial charge in [-0.05, 0) is 30.5 Å². The van der Waals surface area contributed by atoms with Gasteiger partial charge >= 0.3 is 11.7 Å². The van der Waals surface area contributed by atoms with Gasteiger partial charge < -0.3 is 14.5 Å². The summed E-state index contributed by atoms with van der Waals surface area (Å²) in [5.41, 5.74) is 2.40. The van der Waals surface area contributed by atoms with Crippen LogP contribution in [0.3, 0.4) is 0 Å². The van der Waals surface area contributed by atoms with E-state index in [0.29, 0.717) is 10.7 Å². The molecule has 11 heteroatoms. The summed E-state index contributed by atoms with van der Waals surface area (Å²) in [6.45, 7) is 2.02. The smallest absolute Gasteiger partial charge is 0.437 e. The Hall–Kier alpha value is -3.57. The van der Waals surface area contributed by atoms with Crippen molar-refractivity contribution in [2.75, 3.05) is 5.32 Å². The van der Waals surface area contributed by atoms with Crippen LogP contribution < -0.4 is 11.1 Å². The predicted molar refractivity (Wildman–Crippen MR) is 124 cm³/mol. The maximum absolute atomic E-state index is 12.2. The van der Waals surface area contributed by atoms with Gasteiger partial charge in [-0.2, -0.15) is 4.68 Å². The van der Waals surface area contributed by atoms with Gasteiger partial charge in [0, 0.05) is 11.1 Å². The molecule has 0 radical (unpaired) electrons. The Bertz CT molecular complexity index is 1290. The van der Waals surface area contributed by atoms with Crippen LogP contribution in [0.4, 0.5) is 5.69 Å². The Morgan fingerprint density at radius 3 is 2.76 bits per heavy atom. The lowest BCUT2D eigenvalue weighted by molar-refractivity contribution is -0.145. The van der Waals surface area contributed by atoms with E-state index >= 15 is 0 Å². The number of rotatable bonds is 9. The van der Waals surface area contributed by atoms with Crippen LogP contribution in [0, 0.1) is 6.92 Å². The highest BCUT2D eigenvalue weighted by atomic mass is 32.1. The number of esters is 1. The van der Waals surface area contributed by atoms with Crippen molar-refractivity contribution >= 4 is 40.2 Å². The van der Waals surface area contributed by atoms with E-state index in [-0.39, 0.29) is 37.8 Å². The number of aromatic nitrogens is 3. The lowest BCUT2D eigenvalue weighted by Crippen LogP contribution is -2.19. The van der Waals surface area contributed by atoms with E-state index in [1.54, 1.807) is 11.4 Å². The number of nitrogens with zero attached hydrogens (tertiary/aromatic N) is 3. The SMILES string of the molecule is Cc1ccc(NC(=O)Cc2nc(COC(=O)CCn3nc(-c4cccs4)oc3=O)cs2)cc1. The summed E-state index contributed by atoms with van der Waals surface area (Å²) < 4.78 is 11.4. The van der Waals surface area contributed by atoms with Gasteiger partial charge in [0.1, 0.15) is 11.6 Å². The highest BCUT2D eigenvalue weighted by molar-refractivity contribution is 7.13. The van der Waals surface area contributed by atoms with Crippen molar-refractivity contribution in [3.63, 3.8) is 0 Å². The number of hydrogen-bond donors (Lipinski definition) is 1. The minimum atomic E-state index is -0.626. The number of amides is 1. The zero-order valence-corrected chi connectivity index (χ0v) is 19.3. The van der Waals surface area contributed by atoms with Crippen LogP contribution in [0.25, 0.3) is 10.8 Å². The van der Waals surface area contributed by atoms with E-state index in [4.69, 9.17) is 9.15 Å². The zero-order valence-electron chi connectivity index (χ0n) is 17.6. The van der Waals surface area contributed by atoms with Crippen LogP contribution in [0.2, 0.25) is 0 Å². The molecule has 9 nitrogen and oxygen atoms in total. The van der Waals surface area contributed by atoms with Crippen LogP contribution in [0.5, 0.6) is 0 Å². The first-order chi connectivity index (χ1) is 16.0. The Kier molecular flexibility index (Phi) is 7.10. The number of benzene rings is 1. The molecule has 1 aromatic carbocycles. The third-order valence-corrected chi connectivity index (χ3v) is 6.25. The number of ether oxygens (including phenoxy) is 1. The summed E-state index contributed by atoms with van der Waals surface area (Å²) >= 11 is 2.73. The van der Waals surface area contributed by atoms with Gasteiger partial charge in [-0.15, -0.1) is 27.8 Å². The van der Waals surface area contributed by atoms with Crippen molar-refractivity contribution in [1.82, 2.24) is 14.8 Å². The zero-order chi connectivity index (χ0) is 23.2. The third-order valence-electron chi connectivity index (χ3n) is 4.49. The summed E-state index contributed by atoms with van der Waals surface area (Å²) in [5, 5.41) is 11.2. The minimum Gasteiger partial charge on any atom is -0.459 e. The number of nitrogens with one attached hydrogen (secondary N) is 1. The molecule has 0 aliphatic carbocycles. The molecule has 0 bridgehead atoms. The van der Waals surface area contributed by atoms with E-state index in [1.807, 2.05) is 42.6 Å². The molecule has 0 fully saturated rings.